The number of para-hydroxylation sites is 1. The second-order valence-electron chi connectivity index (χ2n) is 10.6. The van der Waals surface area contributed by atoms with Crippen molar-refractivity contribution in [1.29, 1.82) is 0 Å². The molecule has 4 aliphatic carbocycles. The van der Waals surface area contributed by atoms with Gasteiger partial charge < -0.3 is 4.52 Å². The molecule has 0 radical (unpaired) electrons. The monoisotopic (exact) mass is 520 g/mol. The Morgan fingerprint density at radius 1 is 0.914 bits per heavy atom. The van der Waals surface area contributed by atoms with Gasteiger partial charge in [0.1, 0.15) is 11.5 Å². The molecule has 0 spiro atoms. The molecule has 2 aromatic heterocycles. The largest absolute Gasteiger partial charge is 0.360 e. The van der Waals surface area contributed by atoms with E-state index in [1.807, 2.05) is 29.5 Å². The highest BCUT2D eigenvalue weighted by atomic mass is 35.5. The van der Waals surface area contributed by atoms with Gasteiger partial charge in [0.25, 0.3) is 0 Å². The smallest absolute Gasteiger partial charge is 0.147 e. The lowest BCUT2D eigenvalue weighted by atomic mass is 9.54. The van der Waals surface area contributed by atoms with Crippen LogP contribution >= 0.6 is 34.5 Å². The standard InChI is InChI=1S/C29H26Cl2N2OS/c30-20-4-3-5-21(31)24(20)25-19(26(34-33-25)18-8-9-18)10-11-28-12-15-29(16-13-28,17-14-28)27-32-22-6-1-2-7-23(22)35-27/h1-7,10-11,18H,8-9,12-17H2. The fraction of sp³-hybridized carbons (Fsp3) is 0.379. The quantitative estimate of drug-likeness (QED) is 0.263. The number of rotatable bonds is 5. The number of thiazole rings is 1. The van der Waals surface area contributed by atoms with Gasteiger partial charge >= 0.3 is 0 Å². The van der Waals surface area contributed by atoms with Gasteiger partial charge in [0, 0.05) is 22.5 Å². The molecule has 0 amide bonds. The highest BCUT2D eigenvalue weighted by Crippen LogP contribution is 2.59. The number of fused-ring (bicyclic) bond motifs is 4. The zero-order valence-electron chi connectivity index (χ0n) is 19.4. The van der Waals surface area contributed by atoms with Gasteiger partial charge in [0.2, 0.25) is 0 Å². The Kier molecular flexibility index (Phi) is 5.17. The lowest BCUT2D eigenvalue weighted by molar-refractivity contribution is 0.0796. The van der Waals surface area contributed by atoms with Crippen molar-refractivity contribution in [3.63, 3.8) is 0 Å². The number of aromatic nitrogens is 2. The molecular formula is C29H26Cl2N2OS. The zero-order valence-corrected chi connectivity index (χ0v) is 21.7. The van der Waals surface area contributed by atoms with Crippen molar-refractivity contribution in [1.82, 2.24) is 10.1 Å². The molecule has 4 aromatic rings. The van der Waals surface area contributed by atoms with Crippen LogP contribution in [0.4, 0.5) is 0 Å². The molecule has 0 aliphatic heterocycles. The average Bonchev–Trinajstić information content (AvgIpc) is 3.49. The number of allylic oxidation sites excluding steroid dienone is 1. The number of halogens is 2. The maximum absolute atomic E-state index is 6.56. The van der Waals surface area contributed by atoms with E-state index in [0.717, 1.165) is 40.9 Å². The molecule has 2 heterocycles. The predicted molar refractivity (Wildman–Crippen MR) is 144 cm³/mol. The van der Waals surface area contributed by atoms with E-state index >= 15 is 0 Å². The van der Waals surface area contributed by atoms with Gasteiger partial charge in [-0.05, 0) is 81.0 Å². The molecule has 2 bridgehead atoms. The van der Waals surface area contributed by atoms with Gasteiger partial charge in [0.15, 0.2) is 0 Å². The molecule has 4 saturated carbocycles. The number of hydrogen-bond donors (Lipinski definition) is 0. The molecule has 178 valence electrons. The molecule has 4 fully saturated rings. The summed E-state index contributed by atoms with van der Waals surface area (Å²) >= 11 is 15.0. The number of benzene rings is 2. The van der Waals surface area contributed by atoms with Crippen molar-refractivity contribution >= 4 is 50.8 Å². The maximum Gasteiger partial charge on any atom is 0.147 e. The number of nitrogens with zero attached hydrogens (tertiary/aromatic N) is 2. The molecule has 8 rings (SSSR count). The highest BCUT2D eigenvalue weighted by molar-refractivity contribution is 7.18. The van der Waals surface area contributed by atoms with Crippen LogP contribution in [-0.2, 0) is 5.41 Å². The molecule has 3 nitrogen and oxygen atoms in total. The molecule has 0 unspecified atom stereocenters. The normalized spacial score (nSPS) is 26.2. The molecule has 0 atom stereocenters. The first-order valence-electron chi connectivity index (χ1n) is 12.6. The number of hydrogen-bond acceptors (Lipinski definition) is 4. The Morgan fingerprint density at radius 2 is 1.63 bits per heavy atom. The molecule has 35 heavy (non-hydrogen) atoms. The lowest BCUT2D eigenvalue weighted by Crippen LogP contribution is -2.43. The average molecular weight is 522 g/mol. The second kappa shape index (κ2) is 8.19. The van der Waals surface area contributed by atoms with Crippen LogP contribution in [0.25, 0.3) is 27.6 Å². The Bertz CT molecular complexity index is 1390. The predicted octanol–water partition coefficient (Wildman–Crippen LogP) is 9.44. The van der Waals surface area contributed by atoms with Crippen LogP contribution in [0.15, 0.2) is 53.1 Å². The summed E-state index contributed by atoms with van der Waals surface area (Å²) in [7, 11) is 0. The molecule has 2 aromatic carbocycles. The van der Waals surface area contributed by atoms with Crippen molar-refractivity contribution < 1.29 is 4.52 Å². The summed E-state index contributed by atoms with van der Waals surface area (Å²) in [5.41, 5.74) is 4.24. The van der Waals surface area contributed by atoms with Crippen LogP contribution < -0.4 is 0 Å². The van der Waals surface area contributed by atoms with Gasteiger partial charge in [-0.25, -0.2) is 4.98 Å². The van der Waals surface area contributed by atoms with E-state index in [0.29, 0.717) is 16.0 Å². The summed E-state index contributed by atoms with van der Waals surface area (Å²) in [6, 6.07) is 14.1. The van der Waals surface area contributed by atoms with E-state index in [9.17, 15) is 0 Å². The Hall–Kier alpha value is -2.14. The summed E-state index contributed by atoms with van der Waals surface area (Å²) in [5.74, 6) is 1.44. The third kappa shape index (κ3) is 3.68. The van der Waals surface area contributed by atoms with Gasteiger partial charge in [-0.2, -0.15) is 0 Å². The summed E-state index contributed by atoms with van der Waals surface area (Å²) in [6.45, 7) is 0. The van der Waals surface area contributed by atoms with E-state index < -0.39 is 0 Å². The van der Waals surface area contributed by atoms with Gasteiger partial charge in [-0.15, -0.1) is 11.3 Å². The summed E-state index contributed by atoms with van der Waals surface area (Å²) < 4.78 is 7.19. The minimum absolute atomic E-state index is 0.234. The Balaban J connectivity index is 1.19. The van der Waals surface area contributed by atoms with E-state index in [-0.39, 0.29) is 10.8 Å². The van der Waals surface area contributed by atoms with Crippen LogP contribution in [0, 0.1) is 5.41 Å². The lowest BCUT2D eigenvalue weighted by Gasteiger charge is -2.51. The topological polar surface area (TPSA) is 38.9 Å². The first kappa shape index (κ1) is 22.1. The van der Waals surface area contributed by atoms with Crippen LogP contribution in [0.1, 0.15) is 73.6 Å². The molecule has 4 aliphatic rings. The zero-order chi connectivity index (χ0) is 23.6. The van der Waals surface area contributed by atoms with Gasteiger partial charge in [-0.3, -0.25) is 0 Å². The van der Waals surface area contributed by atoms with Crippen LogP contribution in [0.3, 0.4) is 0 Å². The maximum atomic E-state index is 6.56. The molecule has 6 heteroatoms. The third-order valence-electron chi connectivity index (χ3n) is 8.56. The van der Waals surface area contributed by atoms with Crippen LogP contribution in [0.5, 0.6) is 0 Å². The van der Waals surface area contributed by atoms with Crippen molar-refractivity contribution in [2.45, 2.75) is 62.7 Å². The second-order valence-corrected chi connectivity index (χ2v) is 12.5. The molecular weight excluding hydrogens is 495 g/mol. The van der Waals surface area contributed by atoms with E-state index in [1.54, 1.807) is 0 Å². The minimum atomic E-state index is 0.234. The summed E-state index contributed by atoms with van der Waals surface area (Å²) in [5, 5.41) is 7.03. The van der Waals surface area contributed by atoms with Crippen molar-refractivity contribution in [2.24, 2.45) is 5.41 Å². The fourth-order valence-electron chi connectivity index (χ4n) is 6.16. The Morgan fingerprint density at radius 3 is 2.31 bits per heavy atom. The summed E-state index contributed by atoms with van der Waals surface area (Å²) in [6.07, 6.45) is 14.3. The molecule has 0 saturated heterocycles. The highest BCUT2D eigenvalue weighted by Gasteiger charge is 2.49. The first-order valence-corrected chi connectivity index (χ1v) is 14.1. The van der Waals surface area contributed by atoms with Crippen LogP contribution in [-0.4, -0.2) is 10.1 Å². The van der Waals surface area contributed by atoms with Crippen molar-refractivity contribution in [3.05, 3.63) is 74.9 Å². The van der Waals surface area contributed by atoms with Crippen LogP contribution in [0.2, 0.25) is 10.0 Å². The van der Waals surface area contributed by atoms with Crippen molar-refractivity contribution in [2.75, 3.05) is 0 Å². The first-order chi connectivity index (χ1) is 17.1. The summed E-state index contributed by atoms with van der Waals surface area (Å²) in [4.78, 5) is 5.07. The minimum Gasteiger partial charge on any atom is -0.360 e. The van der Waals surface area contributed by atoms with E-state index in [2.05, 4.69) is 41.6 Å². The molecule has 0 N–H and O–H groups in total. The van der Waals surface area contributed by atoms with Gasteiger partial charge in [-0.1, -0.05) is 58.7 Å². The SMILES string of the molecule is Clc1cccc(Cl)c1-c1noc(C2CC2)c1C=CC12CCC(c3nc4ccccc4s3)(CC1)CC2. The van der Waals surface area contributed by atoms with E-state index in [4.69, 9.17) is 32.7 Å². The fourth-order valence-corrected chi connectivity index (χ4v) is 7.98. The third-order valence-corrected chi connectivity index (χ3v) is 10.5. The Labute approximate surface area is 219 Å². The van der Waals surface area contributed by atoms with Crippen molar-refractivity contribution in [3.8, 4) is 11.3 Å². The van der Waals surface area contributed by atoms with E-state index in [1.165, 1.54) is 48.2 Å². The van der Waals surface area contributed by atoms with Gasteiger partial charge in [0.05, 0.1) is 25.3 Å².